The Kier molecular flexibility index (Phi) is 25.8. The van der Waals surface area contributed by atoms with E-state index in [1.54, 1.807) is 41.5 Å². The number of carbonyl (C=O) groups is 8. The Morgan fingerprint density at radius 1 is 0.488 bits per heavy atom. The molecule has 0 radical (unpaired) electrons. The molecule has 4 N–H and O–H groups in total. The minimum Gasteiger partial charge on any atom is -0.460 e. The molecule has 0 spiro atoms. The summed E-state index contributed by atoms with van der Waals surface area (Å²) in [6.07, 6.45) is 3.01. The van der Waals surface area contributed by atoms with Crippen LogP contribution in [-0.2, 0) is 60.6 Å². The summed E-state index contributed by atoms with van der Waals surface area (Å²) >= 11 is 1.50. The van der Waals surface area contributed by atoms with Gasteiger partial charge in [0.2, 0.25) is 17.7 Å². The number of ketones is 3. The Labute approximate surface area is 489 Å². The van der Waals surface area contributed by atoms with E-state index in [0.717, 1.165) is 53.5 Å². The van der Waals surface area contributed by atoms with Crippen LogP contribution in [0.3, 0.4) is 0 Å². The molecule has 0 unspecified atom stereocenters. The number of carbonyl (C=O) groups excluding carboxylic acids is 8. The quantitative estimate of drug-likeness (QED) is 0.0181. The second kappa shape index (κ2) is 32.3. The predicted molar refractivity (Wildman–Crippen MR) is 323 cm³/mol. The van der Waals surface area contributed by atoms with E-state index >= 15 is 0 Å². The maximum atomic E-state index is 14.8. The van der Waals surface area contributed by atoms with Crippen molar-refractivity contribution >= 4 is 58.9 Å². The van der Waals surface area contributed by atoms with Crippen LogP contribution in [0.1, 0.15) is 141 Å². The monoisotopic (exact) mass is 1140 g/mol. The number of hydrogen-bond acceptors (Lipinski definition) is 11. The number of unbranched alkanes of at least 4 members (excludes halogenated alkanes) is 4. The number of amides is 4. The first-order valence-electron chi connectivity index (χ1n) is 28.6. The van der Waals surface area contributed by atoms with Gasteiger partial charge in [-0.3, -0.25) is 33.6 Å². The fourth-order valence-electron chi connectivity index (χ4n) is 9.56. The molecule has 5 atom stereocenters. The molecule has 0 fully saturated rings. The first-order valence-corrected chi connectivity index (χ1v) is 29.6. The fourth-order valence-corrected chi connectivity index (χ4v) is 11.3. The van der Waals surface area contributed by atoms with Gasteiger partial charge in [-0.2, -0.15) is 0 Å². The van der Waals surface area contributed by atoms with Gasteiger partial charge < -0.3 is 30.7 Å². The molecule has 4 amide bonds. The number of benzene rings is 5. The summed E-state index contributed by atoms with van der Waals surface area (Å²) in [7, 11) is 0. The molecule has 0 saturated heterocycles. The second-order valence-electron chi connectivity index (χ2n) is 22.9. The van der Waals surface area contributed by atoms with Crippen molar-refractivity contribution in [1.82, 2.24) is 21.3 Å². The van der Waals surface area contributed by atoms with E-state index in [4.69, 9.17) is 9.47 Å². The summed E-state index contributed by atoms with van der Waals surface area (Å²) < 4.78 is 10.4. The third-order valence-electron chi connectivity index (χ3n) is 13.7. The summed E-state index contributed by atoms with van der Waals surface area (Å²) in [6.45, 7) is 12.9. The standard InChI is InChI=1S/C67H84N4O10S/c1-9-10-11-12-28-39-60(75)69-55(41-49-31-20-14-21-32-49)58(73)42-50(40-48-29-18-13-19-30-48)62(77)68-45-57(71-64(79)81-66(6,7)8)63(78)70-56(44-61(76)80-65(3,4)5)59(74)43-51(47(2)72)46-82-67(52-33-22-15-23-34-52,53-35-24-16-25-36-53)54-37-26-17-27-38-54/h13-27,29-38,50-51,55-57H,9-12,28,39-46H2,1-8H3,(H,68,77)(H,69,75)(H,70,78)(H,71,79)/t50-,51+,55+,56+,57+/m1/s1. The van der Waals surface area contributed by atoms with Crippen molar-refractivity contribution in [3.05, 3.63) is 179 Å². The van der Waals surface area contributed by atoms with Crippen LogP contribution < -0.4 is 21.3 Å². The Balaban J connectivity index is 1.43. The van der Waals surface area contributed by atoms with Gasteiger partial charge in [0.05, 0.1) is 23.3 Å². The van der Waals surface area contributed by atoms with Gasteiger partial charge >= 0.3 is 12.1 Å². The molecule has 0 bridgehead atoms. The minimum absolute atomic E-state index is 0.115. The first kappa shape index (κ1) is 65.4. The van der Waals surface area contributed by atoms with E-state index in [-0.39, 0.29) is 55.3 Å². The molecule has 5 rings (SSSR count). The summed E-state index contributed by atoms with van der Waals surface area (Å²) in [5, 5.41) is 11.0. The lowest BCUT2D eigenvalue weighted by Gasteiger charge is -2.36. The van der Waals surface area contributed by atoms with E-state index in [1.807, 2.05) is 152 Å². The molecule has 5 aromatic carbocycles. The molecule has 14 nitrogen and oxygen atoms in total. The number of alkyl carbamates (subject to hydrolysis) is 1. The summed E-state index contributed by atoms with van der Waals surface area (Å²) in [5.41, 5.74) is 2.46. The lowest BCUT2D eigenvalue weighted by molar-refractivity contribution is -0.156. The number of esters is 1. The van der Waals surface area contributed by atoms with Crippen molar-refractivity contribution in [2.45, 2.75) is 160 Å². The lowest BCUT2D eigenvalue weighted by Crippen LogP contribution is -2.57. The molecule has 0 heterocycles. The van der Waals surface area contributed by atoms with Crippen LogP contribution in [0.5, 0.6) is 0 Å². The van der Waals surface area contributed by atoms with Crippen LogP contribution in [0.2, 0.25) is 0 Å². The molecule has 82 heavy (non-hydrogen) atoms. The van der Waals surface area contributed by atoms with Gasteiger partial charge in [0.25, 0.3) is 0 Å². The van der Waals surface area contributed by atoms with Gasteiger partial charge in [0.15, 0.2) is 11.6 Å². The summed E-state index contributed by atoms with van der Waals surface area (Å²) in [6, 6.07) is 44.1. The summed E-state index contributed by atoms with van der Waals surface area (Å²) in [4.78, 5) is 113. The first-order chi connectivity index (χ1) is 39.1. The van der Waals surface area contributed by atoms with E-state index in [1.165, 1.54) is 18.7 Å². The second-order valence-corrected chi connectivity index (χ2v) is 24.1. The zero-order valence-electron chi connectivity index (χ0n) is 49.0. The highest BCUT2D eigenvalue weighted by atomic mass is 32.2. The fraction of sp³-hybridized carbons (Fsp3) is 0.433. The average Bonchev–Trinajstić information content (AvgIpc) is 3.63. The smallest absolute Gasteiger partial charge is 0.408 e. The average molecular weight is 1140 g/mol. The topological polar surface area (TPSA) is 203 Å². The molecule has 0 aliphatic heterocycles. The molecule has 15 heteroatoms. The minimum atomic E-state index is -1.59. The summed E-state index contributed by atoms with van der Waals surface area (Å²) in [5.74, 6) is -5.65. The molecule has 5 aromatic rings. The molecule has 438 valence electrons. The van der Waals surface area contributed by atoms with Gasteiger partial charge in [-0.1, -0.05) is 184 Å². The molecule has 0 aliphatic rings. The Hall–Kier alpha value is -7.39. The van der Waals surface area contributed by atoms with Crippen LogP contribution >= 0.6 is 11.8 Å². The van der Waals surface area contributed by atoms with Gasteiger partial charge in [-0.25, -0.2) is 4.79 Å². The van der Waals surface area contributed by atoms with Crippen molar-refractivity contribution in [2.24, 2.45) is 11.8 Å². The SMILES string of the molecule is CCCCCCCC(=O)N[C@@H](Cc1ccccc1)C(=O)C[C@@H](Cc1ccccc1)C(=O)NC[C@H](NC(=O)OC(C)(C)C)C(=O)N[C@@H](CC(=O)OC(C)(C)C)C(=O)C[C@@H](CSC(c1ccccc1)(c1ccccc1)c1ccccc1)C(C)=O. The van der Waals surface area contributed by atoms with Gasteiger partial charge in [-0.05, 0) is 95.5 Å². The van der Waals surface area contributed by atoms with Crippen LogP contribution in [0.25, 0.3) is 0 Å². The zero-order valence-corrected chi connectivity index (χ0v) is 49.8. The largest absolute Gasteiger partial charge is 0.460 e. The number of hydrogen-bond donors (Lipinski definition) is 4. The Morgan fingerprint density at radius 3 is 1.44 bits per heavy atom. The highest BCUT2D eigenvalue weighted by Gasteiger charge is 2.40. The number of rotatable bonds is 32. The number of ether oxygens (including phenoxy) is 2. The van der Waals surface area contributed by atoms with Crippen LogP contribution in [0.4, 0.5) is 4.79 Å². The third-order valence-corrected chi connectivity index (χ3v) is 15.4. The predicted octanol–water partition coefficient (Wildman–Crippen LogP) is 11.0. The molecular formula is C67H84N4O10S. The van der Waals surface area contributed by atoms with E-state index < -0.39 is 88.5 Å². The Morgan fingerprint density at radius 2 is 0.951 bits per heavy atom. The maximum Gasteiger partial charge on any atom is 0.408 e. The van der Waals surface area contributed by atoms with E-state index in [2.05, 4.69) is 28.2 Å². The maximum absolute atomic E-state index is 14.8. The van der Waals surface area contributed by atoms with E-state index in [0.29, 0.717) is 6.42 Å². The highest BCUT2D eigenvalue weighted by molar-refractivity contribution is 8.00. The van der Waals surface area contributed by atoms with Crippen molar-refractivity contribution in [3.63, 3.8) is 0 Å². The van der Waals surface area contributed by atoms with Crippen molar-refractivity contribution < 1.29 is 47.8 Å². The van der Waals surface area contributed by atoms with Crippen molar-refractivity contribution in [3.8, 4) is 0 Å². The number of Topliss-reactive ketones (excluding diaryl/α,β-unsaturated/α-hetero) is 3. The van der Waals surface area contributed by atoms with Gasteiger partial charge in [0.1, 0.15) is 23.0 Å². The molecule has 0 saturated carbocycles. The van der Waals surface area contributed by atoms with Crippen LogP contribution in [0, 0.1) is 11.8 Å². The molecular weight excluding hydrogens is 1050 g/mol. The molecule has 0 aromatic heterocycles. The zero-order chi connectivity index (χ0) is 59.7. The van der Waals surface area contributed by atoms with Gasteiger partial charge in [-0.15, -0.1) is 11.8 Å². The Bertz CT molecular complexity index is 2740. The van der Waals surface area contributed by atoms with Crippen molar-refractivity contribution in [2.75, 3.05) is 12.3 Å². The van der Waals surface area contributed by atoms with Crippen molar-refractivity contribution in [1.29, 1.82) is 0 Å². The number of nitrogens with one attached hydrogen (secondary N) is 4. The third kappa shape index (κ3) is 21.8. The molecule has 0 aliphatic carbocycles. The lowest BCUT2D eigenvalue weighted by atomic mass is 9.84. The highest BCUT2D eigenvalue weighted by Crippen LogP contribution is 2.49. The van der Waals surface area contributed by atoms with E-state index in [9.17, 15) is 38.4 Å². The normalized spacial score (nSPS) is 13.5. The number of thioether (sulfide) groups is 1. The van der Waals surface area contributed by atoms with Crippen LogP contribution in [0.15, 0.2) is 152 Å². The van der Waals surface area contributed by atoms with Crippen LogP contribution in [-0.4, -0.2) is 88.8 Å². The van der Waals surface area contributed by atoms with Gasteiger partial charge in [0, 0.05) is 43.4 Å².